The van der Waals surface area contributed by atoms with Crippen LogP contribution in [0.15, 0.2) is 12.7 Å². The first-order valence-corrected chi connectivity index (χ1v) is 3.52. The summed E-state index contributed by atoms with van der Waals surface area (Å²) < 4.78 is 1.29. The van der Waals surface area contributed by atoms with E-state index in [1.807, 2.05) is 0 Å². The third-order valence-corrected chi connectivity index (χ3v) is 1.48. The summed E-state index contributed by atoms with van der Waals surface area (Å²) in [6.45, 7) is 0.316. The van der Waals surface area contributed by atoms with Gasteiger partial charge in [-0.15, -0.1) is 0 Å². The first-order chi connectivity index (χ1) is 5.75. The second kappa shape index (κ2) is 3.82. The maximum absolute atomic E-state index is 10.6. The molecule has 0 amide bonds. The number of aromatic nitrogens is 3. The van der Waals surface area contributed by atoms with E-state index in [9.17, 15) is 4.79 Å². The molecular weight excluding hydrogens is 160 g/mol. The molecule has 1 heterocycles. The molecule has 0 saturated carbocycles. The second-order valence-corrected chi connectivity index (χ2v) is 2.31. The summed E-state index contributed by atoms with van der Waals surface area (Å²) in [5, 5.41) is 12.5. The number of carboxylic acid groups (broad SMARTS) is 1. The van der Waals surface area contributed by atoms with Crippen molar-refractivity contribution in [2.24, 2.45) is 5.73 Å². The molecule has 3 N–H and O–H groups in total. The number of rotatable bonds is 4. The Labute approximate surface area is 69.0 Å². The van der Waals surface area contributed by atoms with E-state index in [1.54, 1.807) is 0 Å². The monoisotopic (exact) mass is 170 g/mol. The Bertz CT molecular complexity index is 246. The topological polar surface area (TPSA) is 94.0 Å². The molecule has 1 atom stereocenters. The molecule has 0 aliphatic rings. The lowest BCUT2D eigenvalue weighted by Crippen LogP contribution is -2.22. The maximum atomic E-state index is 10.6. The number of hydrogen-bond donors (Lipinski definition) is 2. The Morgan fingerprint density at radius 2 is 2.50 bits per heavy atom. The molecule has 0 aliphatic carbocycles. The van der Waals surface area contributed by atoms with E-state index >= 15 is 0 Å². The van der Waals surface area contributed by atoms with Crippen molar-refractivity contribution in [3.8, 4) is 0 Å². The quantitative estimate of drug-likeness (QED) is 0.620. The van der Waals surface area contributed by atoms with Crippen molar-refractivity contribution in [3.63, 3.8) is 0 Å². The van der Waals surface area contributed by atoms with Gasteiger partial charge in [0.25, 0.3) is 0 Å². The minimum Gasteiger partial charge on any atom is -0.480 e. The molecule has 0 spiro atoms. The van der Waals surface area contributed by atoms with E-state index in [4.69, 9.17) is 10.8 Å². The predicted octanol–water partition coefficient (Wildman–Crippen LogP) is -0.747. The third-order valence-electron chi connectivity index (χ3n) is 1.48. The molecule has 1 rings (SSSR count). The molecule has 0 fully saturated rings. The van der Waals surface area contributed by atoms with Gasteiger partial charge in [-0.3, -0.25) is 0 Å². The summed E-state index contributed by atoms with van der Waals surface area (Å²) in [7, 11) is 0. The smallest absolute Gasteiger partial charge is 0.328 e. The molecule has 1 aromatic heterocycles. The van der Waals surface area contributed by atoms with Gasteiger partial charge in [0.15, 0.2) is 6.04 Å². The van der Waals surface area contributed by atoms with Gasteiger partial charge in [0, 0.05) is 0 Å². The van der Waals surface area contributed by atoms with Crippen LogP contribution in [0.4, 0.5) is 0 Å². The Morgan fingerprint density at radius 1 is 1.75 bits per heavy atom. The van der Waals surface area contributed by atoms with E-state index in [1.165, 1.54) is 17.3 Å². The highest BCUT2D eigenvalue weighted by Crippen LogP contribution is 2.07. The molecule has 0 bridgehead atoms. The van der Waals surface area contributed by atoms with Crippen LogP contribution in [0.25, 0.3) is 0 Å². The lowest BCUT2D eigenvalue weighted by Gasteiger charge is -2.09. The zero-order valence-electron chi connectivity index (χ0n) is 6.42. The van der Waals surface area contributed by atoms with Gasteiger partial charge < -0.3 is 10.8 Å². The zero-order chi connectivity index (χ0) is 8.97. The number of aliphatic carboxylic acids is 1. The number of carbonyl (C=O) groups is 1. The Hall–Kier alpha value is -1.43. The van der Waals surface area contributed by atoms with Crippen LogP contribution in [-0.2, 0) is 4.79 Å². The van der Waals surface area contributed by atoms with Crippen LogP contribution >= 0.6 is 0 Å². The van der Waals surface area contributed by atoms with Crippen molar-refractivity contribution < 1.29 is 9.90 Å². The van der Waals surface area contributed by atoms with Gasteiger partial charge in [0.2, 0.25) is 0 Å². The minimum absolute atomic E-state index is 0.316. The molecule has 6 nitrogen and oxygen atoms in total. The van der Waals surface area contributed by atoms with Crippen molar-refractivity contribution >= 4 is 5.97 Å². The third kappa shape index (κ3) is 1.79. The lowest BCUT2D eigenvalue weighted by atomic mass is 10.2. The van der Waals surface area contributed by atoms with E-state index < -0.39 is 12.0 Å². The van der Waals surface area contributed by atoms with Crippen LogP contribution in [0.5, 0.6) is 0 Å². The van der Waals surface area contributed by atoms with Gasteiger partial charge in [-0.2, -0.15) is 5.10 Å². The van der Waals surface area contributed by atoms with Crippen LogP contribution in [0.2, 0.25) is 0 Å². The molecule has 12 heavy (non-hydrogen) atoms. The summed E-state index contributed by atoms with van der Waals surface area (Å²) in [6, 6.07) is -0.697. The van der Waals surface area contributed by atoms with Crippen molar-refractivity contribution in [3.05, 3.63) is 12.7 Å². The summed E-state index contributed by atoms with van der Waals surface area (Å²) in [5.74, 6) is -0.939. The Kier molecular flexibility index (Phi) is 2.76. The fourth-order valence-electron chi connectivity index (χ4n) is 0.905. The fraction of sp³-hybridized carbons (Fsp3) is 0.500. The molecule has 66 valence electrons. The number of carboxylic acids is 1. The number of hydrogen-bond acceptors (Lipinski definition) is 4. The van der Waals surface area contributed by atoms with Crippen molar-refractivity contribution in [2.45, 2.75) is 12.5 Å². The highest BCUT2D eigenvalue weighted by Gasteiger charge is 2.18. The average Bonchev–Trinajstić information content (AvgIpc) is 2.51. The molecule has 1 aromatic rings. The van der Waals surface area contributed by atoms with Crippen molar-refractivity contribution in [1.29, 1.82) is 0 Å². The summed E-state index contributed by atoms with van der Waals surface area (Å²) in [4.78, 5) is 14.3. The largest absolute Gasteiger partial charge is 0.480 e. The molecule has 0 aromatic carbocycles. The molecular formula is C6H10N4O2. The first kappa shape index (κ1) is 8.66. The van der Waals surface area contributed by atoms with Gasteiger partial charge in [0.05, 0.1) is 0 Å². The lowest BCUT2D eigenvalue weighted by molar-refractivity contribution is -0.141. The van der Waals surface area contributed by atoms with Crippen LogP contribution < -0.4 is 5.73 Å². The standard InChI is InChI=1S/C6H10N4O2/c7-2-1-5(6(11)12)10-4-8-3-9-10/h3-5H,1-2,7H2,(H,11,12). The van der Waals surface area contributed by atoms with Crippen LogP contribution in [0.1, 0.15) is 12.5 Å². The Morgan fingerprint density at radius 3 is 2.92 bits per heavy atom. The zero-order valence-corrected chi connectivity index (χ0v) is 6.42. The average molecular weight is 170 g/mol. The van der Waals surface area contributed by atoms with E-state index in [0.29, 0.717) is 13.0 Å². The second-order valence-electron chi connectivity index (χ2n) is 2.31. The highest BCUT2D eigenvalue weighted by atomic mass is 16.4. The van der Waals surface area contributed by atoms with Gasteiger partial charge in [-0.05, 0) is 13.0 Å². The SMILES string of the molecule is NCCC(C(=O)O)n1cncn1. The summed E-state index contributed by atoms with van der Waals surface area (Å²) >= 11 is 0. The van der Waals surface area contributed by atoms with Gasteiger partial charge in [-0.1, -0.05) is 0 Å². The summed E-state index contributed by atoms with van der Waals surface area (Å²) in [5.41, 5.74) is 5.25. The first-order valence-electron chi connectivity index (χ1n) is 3.52. The normalized spacial score (nSPS) is 12.8. The summed E-state index contributed by atoms with van der Waals surface area (Å²) in [6.07, 6.45) is 3.03. The number of nitrogens with two attached hydrogens (primary N) is 1. The van der Waals surface area contributed by atoms with Crippen LogP contribution in [0.3, 0.4) is 0 Å². The highest BCUT2D eigenvalue weighted by molar-refractivity contribution is 5.71. The van der Waals surface area contributed by atoms with E-state index in [2.05, 4.69) is 10.1 Å². The van der Waals surface area contributed by atoms with Gasteiger partial charge >= 0.3 is 5.97 Å². The van der Waals surface area contributed by atoms with Crippen LogP contribution in [-0.4, -0.2) is 32.4 Å². The van der Waals surface area contributed by atoms with Crippen LogP contribution in [0, 0.1) is 0 Å². The molecule has 1 unspecified atom stereocenters. The molecule has 0 saturated heterocycles. The maximum Gasteiger partial charge on any atom is 0.328 e. The predicted molar refractivity (Wildman–Crippen MR) is 40.4 cm³/mol. The van der Waals surface area contributed by atoms with E-state index in [0.717, 1.165) is 0 Å². The van der Waals surface area contributed by atoms with E-state index in [-0.39, 0.29) is 0 Å². The molecule has 0 aliphatic heterocycles. The number of nitrogens with zero attached hydrogens (tertiary/aromatic N) is 3. The fourth-order valence-corrected chi connectivity index (χ4v) is 0.905. The van der Waals surface area contributed by atoms with Gasteiger partial charge in [0.1, 0.15) is 12.7 Å². The molecule has 6 heteroatoms. The Balaban J connectivity index is 2.73. The minimum atomic E-state index is -0.939. The van der Waals surface area contributed by atoms with Crippen molar-refractivity contribution in [1.82, 2.24) is 14.8 Å². The van der Waals surface area contributed by atoms with Crippen molar-refractivity contribution in [2.75, 3.05) is 6.54 Å². The van der Waals surface area contributed by atoms with Gasteiger partial charge in [-0.25, -0.2) is 14.5 Å². The molecule has 0 radical (unpaired) electrons.